The highest BCUT2D eigenvalue weighted by Crippen LogP contribution is 1.96. The van der Waals surface area contributed by atoms with Crippen LogP contribution in [0.25, 0.3) is 0 Å². The molecule has 0 aromatic carbocycles. The summed E-state index contributed by atoms with van der Waals surface area (Å²) in [5, 5.41) is 0. The summed E-state index contributed by atoms with van der Waals surface area (Å²) in [5.74, 6) is 0. The lowest BCUT2D eigenvalue weighted by atomic mass is 10.3. The molecule has 18 heavy (non-hydrogen) atoms. The molecule has 110 valence electrons. The van der Waals surface area contributed by atoms with E-state index in [9.17, 15) is 0 Å². The molecule has 0 unspecified atom stereocenters. The third kappa shape index (κ3) is 15.8. The van der Waals surface area contributed by atoms with Gasteiger partial charge in [0.05, 0.1) is 0 Å². The Morgan fingerprint density at radius 3 is 1.00 bits per heavy atom. The van der Waals surface area contributed by atoms with Crippen molar-refractivity contribution in [2.45, 2.75) is 38.5 Å². The van der Waals surface area contributed by atoms with Crippen molar-refractivity contribution in [1.29, 1.82) is 0 Å². The van der Waals surface area contributed by atoms with Gasteiger partial charge in [-0.3, -0.25) is 0 Å². The maximum atomic E-state index is 5.51. The van der Waals surface area contributed by atoms with E-state index in [0.29, 0.717) is 0 Å². The molecule has 0 aliphatic heterocycles. The van der Waals surface area contributed by atoms with Crippen molar-refractivity contribution >= 4 is 0 Å². The van der Waals surface area contributed by atoms with Gasteiger partial charge in [0.25, 0.3) is 0 Å². The summed E-state index contributed by atoms with van der Waals surface area (Å²) in [6.07, 6.45) is 6.51. The first-order valence-electron chi connectivity index (χ1n) is 7.05. The molecule has 0 rings (SSSR count). The number of methoxy groups -OCH3 is 2. The van der Waals surface area contributed by atoms with Crippen molar-refractivity contribution in [2.75, 3.05) is 53.9 Å². The van der Waals surface area contributed by atoms with Gasteiger partial charge in [-0.15, -0.1) is 0 Å². The molecule has 0 saturated heterocycles. The minimum atomic E-state index is 0.834. The van der Waals surface area contributed by atoms with Crippen LogP contribution in [0.3, 0.4) is 0 Å². The zero-order chi connectivity index (χ0) is 13.3. The molecular formula is C14H30O4. The predicted octanol–water partition coefficient (Wildman–Crippen LogP) is 2.65. The van der Waals surface area contributed by atoms with E-state index in [2.05, 4.69) is 0 Å². The molecule has 0 saturated carbocycles. The molecule has 0 amide bonds. The topological polar surface area (TPSA) is 36.9 Å². The SMILES string of the molecule is COCCCCOCCCCOCCCCOC. The third-order valence-electron chi connectivity index (χ3n) is 2.60. The van der Waals surface area contributed by atoms with Crippen molar-refractivity contribution in [3.05, 3.63) is 0 Å². The van der Waals surface area contributed by atoms with Crippen molar-refractivity contribution in [3.63, 3.8) is 0 Å². The Morgan fingerprint density at radius 2 is 0.722 bits per heavy atom. The first-order valence-corrected chi connectivity index (χ1v) is 7.05. The minimum absolute atomic E-state index is 0.834. The average Bonchev–Trinajstić information content (AvgIpc) is 2.39. The van der Waals surface area contributed by atoms with E-state index in [1.54, 1.807) is 14.2 Å². The fourth-order valence-corrected chi connectivity index (χ4v) is 1.51. The van der Waals surface area contributed by atoms with E-state index in [0.717, 1.165) is 78.2 Å². The lowest BCUT2D eigenvalue weighted by Gasteiger charge is -2.05. The molecule has 0 aliphatic carbocycles. The molecule has 0 bridgehead atoms. The van der Waals surface area contributed by atoms with Gasteiger partial charge in [0.1, 0.15) is 0 Å². The van der Waals surface area contributed by atoms with Crippen LogP contribution < -0.4 is 0 Å². The van der Waals surface area contributed by atoms with Gasteiger partial charge in [-0.05, 0) is 38.5 Å². The molecular weight excluding hydrogens is 232 g/mol. The summed E-state index contributed by atoms with van der Waals surface area (Å²) < 4.78 is 21.0. The summed E-state index contributed by atoms with van der Waals surface area (Å²) >= 11 is 0. The molecule has 0 aliphatic rings. The fraction of sp³-hybridized carbons (Fsp3) is 1.00. The number of hydrogen-bond acceptors (Lipinski definition) is 4. The van der Waals surface area contributed by atoms with Crippen molar-refractivity contribution in [3.8, 4) is 0 Å². The Morgan fingerprint density at radius 1 is 0.444 bits per heavy atom. The predicted molar refractivity (Wildman–Crippen MR) is 73.1 cm³/mol. The van der Waals surface area contributed by atoms with E-state index in [1.165, 1.54) is 0 Å². The first-order chi connectivity index (χ1) is 8.91. The standard InChI is InChI=1S/C14H30O4/c1-15-9-3-5-11-17-13-7-8-14-18-12-6-4-10-16-2/h3-14H2,1-2H3. The fourth-order valence-electron chi connectivity index (χ4n) is 1.51. The molecule has 0 aromatic rings. The summed E-state index contributed by atoms with van der Waals surface area (Å²) in [4.78, 5) is 0. The maximum Gasteiger partial charge on any atom is 0.0466 e. The van der Waals surface area contributed by atoms with E-state index in [-0.39, 0.29) is 0 Å². The summed E-state index contributed by atoms with van der Waals surface area (Å²) in [6, 6.07) is 0. The molecule has 0 radical (unpaired) electrons. The zero-order valence-electron chi connectivity index (χ0n) is 12.1. The second-order valence-electron chi connectivity index (χ2n) is 4.33. The summed E-state index contributed by atoms with van der Waals surface area (Å²) in [5.41, 5.74) is 0. The highest BCUT2D eigenvalue weighted by atomic mass is 16.5. The van der Waals surface area contributed by atoms with E-state index < -0.39 is 0 Å². The largest absolute Gasteiger partial charge is 0.385 e. The Bertz CT molecular complexity index is 126. The first kappa shape index (κ1) is 17.8. The van der Waals surface area contributed by atoms with Crippen LogP contribution in [0.2, 0.25) is 0 Å². The lowest BCUT2D eigenvalue weighted by Crippen LogP contribution is -2.02. The molecule has 0 aromatic heterocycles. The summed E-state index contributed by atoms with van der Waals surface area (Å²) in [7, 11) is 3.46. The van der Waals surface area contributed by atoms with Gasteiger partial charge < -0.3 is 18.9 Å². The van der Waals surface area contributed by atoms with Crippen LogP contribution in [0, 0.1) is 0 Å². The molecule has 0 heterocycles. The molecule has 4 heteroatoms. The number of unbranched alkanes of at least 4 members (excludes halogenated alkanes) is 3. The van der Waals surface area contributed by atoms with Gasteiger partial charge in [0.2, 0.25) is 0 Å². The Labute approximate surface area is 112 Å². The molecule has 0 atom stereocenters. The third-order valence-corrected chi connectivity index (χ3v) is 2.60. The smallest absolute Gasteiger partial charge is 0.0466 e. The van der Waals surface area contributed by atoms with Crippen molar-refractivity contribution < 1.29 is 18.9 Å². The van der Waals surface area contributed by atoms with Crippen LogP contribution in [0.15, 0.2) is 0 Å². The van der Waals surface area contributed by atoms with Gasteiger partial charge in [-0.1, -0.05) is 0 Å². The number of ether oxygens (including phenoxy) is 4. The van der Waals surface area contributed by atoms with E-state index in [1.807, 2.05) is 0 Å². The highest BCUT2D eigenvalue weighted by Gasteiger charge is 1.93. The van der Waals surface area contributed by atoms with Crippen LogP contribution >= 0.6 is 0 Å². The lowest BCUT2D eigenvalue weighted by molar-refractivity contribution is 0.0927. The van der Waals surface area contributed by atoms with Crippen LogP contribution in [-0.4, -0.2) is 53.9 Å². The molecule has 0 fully saturated rings. The second kappa shape index (κ2) is 16.8. The highest BCUT2D eigenvalue weighted by molar-refractivity contribution is 4.42. The van der Waals surface area contributed by atoms with Gasteiger partial charge in [-0.25, -0.2) is 0 Å². The van der Waals surface area contributed by atoms with Crippen molar-refractivity contribution in [1.82, 2.24) is 0 Å². The minimum Gasteiger partial charge on any atom is -0.385 e. The zero-order valence-corrected chi connectivity index (χ0v) is 12.1. The molecule has 0 spiro atoms. The normalized spacial score (nSPS) is 11.0. The second-order valence-corrected chi connectivity index (χ2v) is 4.33. The Balaban J connectivity index is 2.86. The van der Waals surface area contributed by atoms with Crippen LogP contribution in [0.4, 0.5) is 0 Å². The van der Waals surface area contributed by atoms with Gasteiger partial charge in [0, 0.05) is 53.9 Å². The van der Waals surface area contributed by atoms with Gasteiger partial charge >= 0.3 is 0 Å². The molecule has 0 N–H and O–H groups in total. The average molecular weight is 262 g/mol. The van der Waals surface area contributed by atoms with E-state index in [4.69, 9.17) is 18.9 Å². The quantitative estimate of drug-likeness (QED) is 0.425. The Hall–Kier alpha value is -0.160. The van der Waals surface area contributed by atoms with Crippen LogP contribution in [-0.2, 0) is 18.9 Å². The monoisotopic (exact) mass is 262 g/mol. The van der Waals surface area contributed by atoms with E-state index >= 15 is 0 Å². The van der Waals surface area contributed by atoms with Crippen LogP contribution in [0.5, 0.6) is 0 Å². The van der Waals surface area contributed by atoms with Crippen LogP contribution in [0.1, 0.15) is 38.5 Å². The van der Waals surface area contributed by atoms with Gasteiger partial charge in [-0.2, -0.15) is 0 Å². The number of rotatable bonds is 15. The summed E-state index contributed by atoms with van der Waals surface area (Å²) in [6.45, 7) is 5.06. The Kier molecular flexibility index (Phi) is 16.7. The molecule has 4 nitrogen and oxygen atoms in total. The van der Waals surface area contributed by atoms with Crippen molar-refractivity contribution in [2.24, 2.45) is 0 Å². The maximum absolute atomic E-state index is 5.51. The van der Waals surface area contributed by atoms with Gasteiger partial charge in [0.15, 0.2) is 0 Å². The number of hydrogen-bond donors (Lipinski definition) is 0.